The first kappa shape index (κ1) is 14.9. The molecule has 0 radical (unpaired) electrons. The second-order valence-electron chi connectivity index (χ2n) is 3.86. The molecule has 0 saturated carbocycles. The van der Waals surface area contributed by atoms with Crippen LogP contribution in [0.15, 0.2) is 15.8 Å². The third-order valence-electron chi connectivity index (χ3n) is 2.32. The molecule has 2 aromatic heterocycles. The third kappa shape index (κ3) is 3.56. The van der Waals surface area contributed by atoms with Crippen LogP contribution in [0.5, 0.6) is 0 Å². The molecule has 2 aromatic rings. The molecule has 1 atom stereocenters. The van der Waals surface area contributed by atoms with Gasteiger partial charge in [-0.1, -0.05) is 23.1 Å². The SMILES string of the molecule is Cc1nnc(S[C@H](C)C(=O)Nc2sccc2C(N)=O)s1. The highest BCUT2D eigenvalue weighted by molar-refractivity contribution is 8.02. The van der Waals surface area contributed by atoms with E-state index in [0.717, 1.165) is 9.35 Å². The number of thiophene rings is 1. The molecule has 2 amide bonds. The molecule has 2 heterocycles. The van der Waals surface area contributed by atoms with Gasteiger partial charge in [0.25, 0.3) is 5.91 Å². The summed E-state index contributed by atoms with van der Waals surface area (Å²) in [5, 5.41) is 13.3. The zero-order chi connectivity index (χ0) is 14.7. The molecule has 0 saturated heterocycles. The van der Waals surface area contributed by atoms with Gasteiger partial charge in [0.2, 0.25) is 5.91 Å². The normalized spacial score (nSPS) is 12.1. The van der Waals surface area contributed by atoms with Crippen LogP contribution in [0.4, 0.5) is 5.00 Å². The molecule has 2 rings (SSSR count). The van der Waals surface area contributed by atoms with Crippen molar-refractivity contribution in [1.29, 1.82) is 0 Å². The minimum atomic E-state index is -0.554. The molecular formula is C11H12N4O2S3. The number of thioether (sulfide) groups is 1. The summed E-state index contributed by atoms with van der Waals surface area (Å²) >= 11 is 4.04. The topological polar surface area (TPSA) is 98.0 Å². The summed E-state index contributed by atoms with van der Waals surface area (Å²) in [5.41, 5.74) is 5.56. The van der Waals surface area contributed by atoms with Crippen molar-refractivity contribution in [2.24, 2.45) is 5.73 Å². The van der Waals surface area contributed by atoms with Gasteiger partial charge in [0.1, 0.15) is 10.0 Å². The van der Waals surface area contributed by atoms with Crippen molar-refractivity contribution in [3.63, 3.8) is 0 Å². The lowest BCUT2D eigenvalue weighted by Gasteiger charge is -2.09. The van der Waals surface area contributed by atoms with Gasteiger partial charge in [-0.15, -0.1) is 21.5 Å². The van der Waals surface area contributed by atoms with Gasteiger partial charge < -0.3 is 11.1 Å². The minimum Gasteiger partial charge on any atom is -0.366 e. The Morgan fingerprint density at radius 1 is 1.45 bits per heavy atom. The van der Waals surface area contributed by atoms with Gasteiger partial charge in [0.15, 0.2) is 4.34 Å². The monoisotopic (exact) mass is 328 g/mol. The van der Waals surface area contributed by atoms with E-state index in [0.29, 0.717) is 10.6 Å². The molecule has 6 nitrogen and oxygen atoms in total. The van der Waals surface area contributed by atoms with Crippen molar-refractivity contribution < 1.29 is 9.59 Å². The molecule has 3 N–H and O–H groups in total. The van der Waals surface area contributed by atoms with Crippen LogP contribution >= 0.6 is 34.4 Å². The number of aromatic nitrogens is 2. The lowest BCUT2D eigenvalue weighted by atomic mass is 10.3. The number of amides is 2. The average molecular weight is 328 g/mol. The summed E-state index contributed by atoms with van der Waals surface area (Å²) < 4.78 is 0.742. The van der Waals surface area contributed by atoms with Crippen LogP contribution in [-0.4, -0.2) is 27.3 Å². The summed E-state index contributed by atoms with van der Waals surface area (Å²) in [6, 6.07) is 1.59. The van der Waals surface area contributed by atoms with Crippen molar-refractivity contribution in [2.75, 3.05) is 5.32 Å². The summed E-state index contributed by atoms with van der Waals surface area (Å²) in [7, 11) is 0. The number of nitrogens with zero attached hydrogens (tertiary/aromatic N) is 2. The molecule has 0 aliphatic carbocycles. The number of hydrogen-bond acceptors (Lipinski definition) is 7. The number of carbonyl (C=O) groups excluding carboxylic acids is 2. The van der Waals surface area contributed by atoms with Crippen molar-refractivity contribution >= 4 is 51.3 Å². The third-order valence-corrected chi connectivity index (χ3v) is 5.17. The quantitative estimate of drug-likeness (QED) is 0.819. The average Bonchev–Trinajstić information content (AvgIpc) is 2.98. The largest absolute Gasteiger partial charge is 0.366 e. The van der Waals surface area contributed by atoms with Gasteiger partial charge in [-0.05, 0) is 25.3 Å². The first-order valence-electron chi connectivity index (χ1n) is 5.62. The van der Waals surface area contributed by atoms with Gasteiger partial charge in [-0.3, -0.25) is 9.59 Å². The molecule has 0 unspecified atom stereocenters. The number of anilines is 1. The van der Waals surface area contributed by atoms with E-state index in [1.54, 1.807) is 18.4 Å². The van der Waals surface area contributed by atoms with Crippen LogP contribution in [0.1, 0.15) is 22.3 Å². The maximum Gasteiger partial charge on any atom is 0.251 e. The van der Waals surface area contributed by atoms with Crippen molar-refractivity contribution in [3.05, 3.63) is 22.0 Å². The van der Waals surface area contributed by atoms with Crippen LogP contribution in [0.2, 0.25) is 0 Å². The number of rotatable bonds is 5. The minimum absolute atomic E-state index is 0.201. The fourth-order valence-corrected chi connectivity index (χ4v) is 4.10. The first-order chi connectivity index (χ1) is 9.47. The van der Waals surface area contributed by atoms with E-state index in [1.165, 1.54) is 34.4 Å². The van der Waals surface area contributed by atoms with Gasteiger partial charge >= 0.3 is 0 Å². The Bertz CT molecular complexity index is 637. The number of hydrogen-bond donors (Lipinski definition) is 2. The summed E-state index contributed by atoms with van der Waals surface area (Å²) in [4.78, 5) is 23.3. The van der Waals surface area contributed by atoms with Crippen molar-refractivity contribution in [2.45, 2.75) is 23.4 Å². The van der Waals surface area contributed by atoms with Gasteiger partial charge in [0, 0.05) is 0 Å². The lowest BCUT2D eigenvalue weighted by molar-refractivity contribution is -0.115. The Hall–Kier alpha value is -1.45. The molecular weight excluding hydrogens is 316 g/mol. The van der Waals surface area contributed by atoms with Crippen molar-refractivity contribution in [3.8, 4) is 0 Å². The van der Waals surface area contributed by atoms with Gasteiger partial charge in [-0.25, -0.2) is 0 Å². The van der Waals surface area contributed by atoms with E-state index < -0.39 is 5.91 Å². The maximum atomic E-state index is 12.1. The van der Waals surface area contributed by atoms with Gasteiger partial charge in [-0.2, -0.15) is 0 Å². The lowest BCUT2D eigenvalue weighted by Crippen LogP contribution is -2.23. The highest BCUT2D eigenvalue weighted by atomic mass is 32.2. The van der Waals surface area contributed by atoms with E-state index in [1.807, 2.05) is 6.92 Å². The zero-order valence-electron chi connectivity index (χ0n) is 10.7. The number of primary amides is 1. The van der Waals surface area contributed by atoms with E-state index in [2.05, 4.69) is 15.5 Å². The molecule has 20 heavy (non-hydrogen) atoms. The van der Waals surface area contributed by atoms with E-state index in [9.17, 15) is 9.59 Å². The summed E-state index contributed by atoms with van der Waals surface area (Å²) in [6.07, 6.45) is 0. The predicted molar refractivity (Wildman–Crippen MR) is 81.4 cm³/mol. The zero-order valence-corrected chi connectivity index (χ0v) is 13.2. The molecule has 106 valence electrons. The van der Waals surface area contributed by atoms with Crippen LogP contribution in [-0.2, 0) is 4.79 Å². The molecule has 0 fully saturated rings. The van der Waals surface area contributed by atoms with E-state index in [4.69, 9.17) is 5.73 Å². The van der Waals surface area contributed by atoms with Crippen LogP contribution < -0.4 is 11.1 Å². The van der Waals surface area contributed by atoms with Crippen molar-refractivity contribution in [1.82, 2.24) is 10.2 Å². The molecule has 0 bridgehead atoms. The Morgan fingerprint density at radius 2 is 2.20 bits per heavy atom. The van der Waals surface area contributed by atoms with E-state index >= 15 is 0 Å². The Kier molecular flexibility index (Phi) is 4.73. The molecule has 0 aliphatic rings. The molecule has 9 heteroatoms. The second kappa shape index (κ2) is 6.33. The van der Waals surface area contributed by atoms with Crippen LogP contribution in [0.3, 0.4) is 0 Å². The Labute approximate surface area is 127 Å². The second-order valence-corrected chi connectivity index (χ2v) is 7.55. The Balaban J connectivity index is 2.00. The standard InChI is InChI=1S/C11H12N4O2S3/c1-5(19-11-15-14-6(2)20-11)9(17)13-10-7(8(12)16)3-4-18-10/h3-5H,1-2H3,(H2,12,16)(H,13,17)/t5-/m1/s1. The number of carbonyl (C=O) groups is 2. The Morgan fingerprint density at radius 3 is 2.80 bits per heavy atom. The summed E-state index contributed by atoms with van der Waals surface area (Å²) in [5.74, 6) is -0.755. The number of aryl methyl sites for hydroxylation is 1. The smallest absolute Gasteiger partial charge is 0.251 e. The summed E-state index contributed by atoms with van der Waals surface area (Å²) in [6.45, 7) is 3.63. The number of nitrogens with one attached hydrogen (secondary N) is 1. The molecule has 0 aromatic carbocycles. The van der Waals surface area contributed by atoms with Crippen LogP contribution in [0.25, 0.3) is 0 Å². The highest BCUT2D eigenvalue weighted by Gasteiger charge is 2.19. The highest BCUT2D eigenvalue weighted by Crippen LogP contribution is 2.28. The predicted octanol–water partition coefficient (Wildman–Crippen LogP) is 2.13. The number of nitrogens with two attached hydrogens (primary N) is 1. The maximum absolute atomic E-state index is 12.1. The molecule has 0 spiro atoms. The molecule has 0 aliphatic heterocycles. The van der Waals surface area contributed by atoms with Gasteiger partial charge in [0.05, 0.1) is 10.8 Å². The van der Waals surface area contributed by atoms with Crippen LogP contribution in [0, 0.1) is 6.92 Å². The fourth-order valence-electron chi connectivity index (χ4n) is 1.34. The fraction of sp³-hybridized carbons (Fsp3) is 0.273. The van der Waals surface area contributed by atoms with E-state index in [-0.39, 0.29) is 11.2 Å². The first-order valence-corrected chi connectivity index (χ1v) is 8.20.